The van der Waals surface area contributed by atoms with Crippen LogP contribution in [0.5, 0.6) is 17.2 Å². The van der Waals surface area contributed by atoms with Gasteiger partial charge in [0.15, 0.2) is 11.5 Å². The lowest BCUT2D eigenvalue weighted by molar-refractivity contribution is -0.143. The van der Waals surface area contributed by atoms with Crippen molar-refractivity contribution in [1.29, 1.82) is 0 Å². The topological polar surface area (TPSA) is 106 Å². The van der Waals surface area contributed by atoms with Gasteiger partial charge >= 0.3 is 5.97 Å². The van der Waals surface area contributed by atoms with Gasteiger partial charge in [-0.2, -0.15) is 4.31 Å². The summed E-state index contributed by atoms with van der Waals surface area (Å²) in [7, 11) is -2.14. The summed E-state index contributed by atoms with van der Waals surface area (Å²) in [4.78, 5) is 15.2. The highest BCUT2D eigenvalue weighted by atomic mass is 32.2. The van der Waals surface area contributed by atoms with E-state index in [1.807, 2.05) is 56.3 Å². The van der Waals surface area contributed by atoms with E-state index in [9.17, 15) is 18.3 Å². The monoisotopic (exact) mass is 580 g/mol. The molecular weight excluding hydrogens is 544 g/mol. The summed E-state index contributed by atoms with van der Waals surface area (Å²) in [6.07, 6.45) is 0.657. The van der Waals surface area contributed by atoms with Crippen molar-refractivity contribution < 1.29 is 32.5 Å². The molecule has 41 heavy (non-hydrogen) atoms. The van der Waals surface area contributed by atoms with E-state index in [1.54, 1.807) is 31.4 Å². The van der Waals surface area contributed by atoms with Gasteiger partial charge in [0.05, 0.1) is 17.9 Å². The highest BCUT2D eigenvalue weighted by Gasteiger charge is 2.47. The molecule has 0 bridgehead atoms. The molecule has 0 radical (unpaired) electrons. The molecule has 9 nitrogen and oxygen atoms in total. The van der Waals surface area contributed by atoms with E-state index in [-0.39, 0.29) is 24.2 Å². The Balaban J connectivity index is 1.48. The van der Waals surface area contributed by atoms with E-state index in [4.69, 9.17) is 14.2 Å². The molecule has 10 heteroatoms. The molecule has 218 valence electrons. The van der Waals surface area contributed by atoms with Gasteiger partial charge in [-0.15, -0.1) is 0 Å². The Hall–Kier alpha value is -3.60. The summed E-state index contributed by atoms with van der Waals surface area (Å²) in [5.41, 5.74) is 2.67. The number of aliphatic carboxylic acids is 1. The Labute approximate surface area is 241 Å². The Bertz CT molecular complexity index is 1480. The zero-order valence-corrected chi connectivity index (χ0v) is 24.3. The van der Waals surface area contributed by atoms with Crippen LogP contribution in [0.4, 0.5) is 0 Å². The van der Waals surface area contributed by atoms with E-state index in [2.05, 4.69) is 4.90 Å². The van der Waals surface area contributed by atoms with Crippen LogP contribution in [0.1, 0.15) is 42.0 Å². The third kappa shape index (κ3) is 5.91. The summed E-state index contributed by atoms with van der Waals surface area (Å²) in [5, 5.41) is 10.5. The van der Waals surface area contributed by atoms with Gasteiger partial charge in [0.2, 0.25) is 16.8 Å². The highest BCUT2D eigenvalue weighted by Crippen LogP contribution is 2.47. The summed E-state index contributed by atoms with van der Waals surface area (Å²) >= 11 is 0. The summed E-state index contributed by atoms with van der Waals surface area (Å²) in [5.74, 6) is -0.105. The first-order valence-electron chi connectivity index (χ1n) is 13.8. The molecule has 2 heterocycles. The predicted molar refractivity (Wildman–Crippen MR) is 154 cm³/mol. The molecule has 0 spiro atoms. The predicted octanol–water partition coefficient (Wildman–Crippen LogP) is 4.67. The first-order valence-corrected chi connectivity index (χ1v) is 15.2. The fourth-order valence-electron chi connectivity index (χ4n) is 5.84. The quantitative estimate of drug-likeness (QED) is 0.349. The van der Waals surface area contributed by atoms with Crippen LogP contribution in [0, 0.1) is 12.8 Å². The molecule has 0 saturated carbocycles. The number of carboxylic acid groups (broad SMARTS) is 1. The number of nitrogens with zero attached hydrogens (tertiary/aromatic N) is 2. The third-order valence-corrected chi connectivity index (χ3v) is 9.85. The molecule has 3 atom stereocenters. The molecule has 2 aliphatic heterocycles. The van der Waals surface area contributed by atoms with E-state index in [0.29, 0.717) is 43.3 Å². The molecule has 5 rings (SSSR count). The Morgan fingerprint density at radius 3 is 2.34 bits per heavy atom. The fourth-order valence-corrected chi connectivity index (χ4v) is 7.36. The van der Waals surface area contributed by atoms with E-state index < -0.39 is 28.0 Å². The first-order chi connectivity index (χ1) is 19.7. The van der Waals surface area contributed by atoms with Crippen LogP contribution in [0.2, 0.25) is 0 Å². The lowest BCUT2D eigenvalue weighted by atomic mass is 9.82. The lowest BCUT2D eigenvalue weighted by Gasteiger charge is -2.30. The second kappa shape index (κ2) is 12.1. The normalized spacial score (nSPS) is 20.4. The number of fused-ring (bicyclic) bond motifs is 1. The minimum atomic E-state index is -3.72. The number of hydrogen-bond donors (Lipinski definition) is 1. The number of ether oxygens (including phenoxy) is 3. The summed E-state index contributed by atoms with van der Waals surface area (Å²) in [6, 6.07) is 19.4. The van der Waals surface area contributed by atoms with Gasteiger partial charge in [0.1, 0.15) is 5.75 Å². The van der Waals surface area contributed by atoms with Crippen molar-refractivity contribution in [2.24, 2.45) is 5.92 Å². The number of hydrogen-bond acceptors (Lipinski definition) is 7. The Kier molecular flexibility index (Phi) is 8.53. The van der Waals surface area contributed by atoms with Gasteiger partial charge in [-0.1, -0.05) is 42.8 Å². The van der Waals surface area contributed by atoms with Crippen LogP contribution < -0.4 is 14.2 Å². The van der Waals surface area contributed by atoms with E-state index >= 15 is 0 Å². The second-order valence-corrected chi connectivity index (χ2v) is 12.5. The molecule has 1 N–H and O–H groups in total. The van der Waals surface area contributed by atoms with Crippen LogP contribution >= 0.6 is 0 Å². The van der Waals surface area contributed by atoms with Crippen molar-refractivity contribution in [1.82, 2.24) is 9.21 Å². The molecule has 0 unspecified atom stereocenters. The number of benzene rings is 3. The molecule has 1 saturated heterocycles. The summed E-state index contributed by atoms with van der Waals surface area (Å²) in [6.45, 7) is 5.41. The maximum Gasteiger partial charge on any atom is 0.309 e. The van der Waals surface area contributed by atoms with Crippen LogP contribution in [0.25, 0.3) is 0 Å². The first kappa shape index (κ1) is 28.9. The maximum absolute atomic E-state index is 13.6. The smallest absolute Gasteiger partial charge is 0.309 e. The largest absolute Gasteiger partial charge is 0.497 e. The van der Waals surface area contributed by atoms with Crippen LogP contribution in [0.15, 0.2) is 71.6 Å². The number of carboxylic acids is 1. The standard InChI is InChI=1S/C31H36N2O7S/c1-4-15-33(41(36,37)25-12-5-21(2)6-13-25)17-16-32-19-26(23-9-14-27-28(18-23)40-20-39-27)29(31(34)35)30(32)22-7-10-24(38-3)11-8-22/h5-14,18,26,29-30H,4,15-17,19-20H2,1-3H3,(H,34,35)/t26-,29-,30+/m1/s1. The van der Waals surface area contributed by atoms with Crippen molar-refractivity contribution in [2.45, 2.75) is 37.1 Å². The molecule has 1 fully saturated rings. The lowest BCUT2D eigenvalue weighted by Crippen LogP contribution is -2.39. The average Bonchev–Trinajstić information content (AvgIpc) is 3.60. The maximum atomic E-state index is 13.6. The number of likely N-dealkylation sites (tertiary alicyclic amines) is 1. The third-order valence-electron chi connectivity index (χ3n) is 7.93. The number of rotatable bonds is 11. The van der Waals surface area contributed by atoms with Crippen molar-refractivity contribution in [3.8, 4) is 17.2 Å². The molecule has 3 aromatic carbocycles. The Morgan fingerprint density at radius 1 is 1.00 bits per heavy atom. The van der Waals surface area contributed by atoms with Gasteiger partial charge in [0, 0.05) is 38.1 Å². The second-order valence-electron chi connectivity index (χ2n) is 10.5. The highest BCUT2D eigenvalue weighted by molar-refractivity contribution is 7.89. The van der Waals surface area contributed by atoms with Crippen LogP contribution in [-0.4, -0.2) is 68.8 Å². The van der Waals surface area contributed by atoms with Crippen LogP contribution in [0.3, 0.4) is 0 Å². The van der Waals surface area contributed by atoms with Crippen LogP contribution in [-0.2, 0) is 14.8 Å². The minimum absolute atomic E-state index is 0.134. The zero-order chi connectivity index (χ0) is 29.1. The van der Waals surface area contributed by atoms with Gasteiger partial charge in [-0.25, -0.2) is 8.42 Å². The molecule has 0 amide bonds. The van der Waals surface area contributed by atoms with E-state index in [1.165, 1.54) is 4.31 Å². The molecule has 2 aliphatic rings. The zero-order valence-electron chi connectivity index (χ0n) is 23.5. The van der Waals surface area contributed by atoms with Crippen molar-refractivity contribution >= 4 is 16.0 Å². The number of sulfonamides is 1. The SMILES string of the molecule is CCCN(CCN1C[C@H](c2ccc3c(c2)OCO3)[C@@H](C(=O)O)[C@@H]1c1ccc(OC)cc1)S(=O)(=O)c1ccc(C)cc1. The molecular formula is C31H36N2O7S. The van der Waals surface area contributed by atoms with Gasteiger partial charge in [-0.05, 0) is 60.9 Å². The number of methoxy groups -OCH3 is 1. The van der Waals surface area contributed by atoms with Gasteiger partial charge < -0.3 is 19.3 Å². The molecule has 3 aromatic rings. The van der Waals surface area contributed by atoms with Crippen molar-refractivity contribution in [3.63, 3.8) is 0 Å². The fraction of sp³-hybridized carbons (Fsp3) is 0.387. The number of carbonyl (C=O) groups is 1. The van der Waals surface area contributed by atoms with Gasteiger partial charge in [-0.3, -0.25) is 9.69 Å². The van der Waals surface area contributed by atoms with E-state index in [0.717, 1.165) is 16.7 Å². The van der Waals surface area contributed by atoms with Crippen molar-refractivity contribution in [2.75, 3.05) is 40.1 Å². The summed E-state index contributed by atoms with van der Waals surface area (Å²) < 4.78 is 45.1. The average molecular weight is 581 g/mol. The molecule has 0 aromatic heterocycles. The molecule has 0 aliphatic carbocycles. The van der Waals surface area contributed by atoms with Crippen molar-refractivity contribution in [3.05, 3.63) is 83.4 Å². The Morgan fingerprint density at radius 2 is 1.68 bits per heavy atom. The number of aryl methyl sites for hydroxylation is 1. The minimum Gasteiger partial charge on any atom is -0.497 e. The van der Waals surface area contributed by atoms with Gasteiger partial charge in [0.25, 0.3) is 0 Å².